The molecule has 0 aliphatic heterocycles. The maximum absolute atomic E-state index is 12.6. The molecule has 0 radical (unpaired) electrons. The number of aryl methyl sites for hydroxylation is 2. The van der Waals surface area contributed by atoms with Crippen molar-refractivity contribution in [3.63, 3.8) is 0 Å². The Labute approximate surface area is 150 Å². The Kier molecular flexibility index (Phi) is 3.49. The number of nitrogens with zero attached hydrogens (tertiary/aromatic N) is 1. The monoisotopic (exact) mass is 342 g/mol. The largest absolute Gasteiger partial charge is 0.464 e. The van der Waals surface area contributed by atoms with Gasteiger partial charge in [0.1, 0.15) is 5.58 Å². The third-order valence-corrected chi connectivity index (χ3v) is 5.13. The van der Waals surface area contributed by atoms with Crippen LogP contribution in [0.2, 0.25) is 0 Å². The topological polar surface area (TPSA) is 55.1 Å². The molecule has 2 aromatic carbocycles. The molecule has 1 aliphatic carbocycles. The van der Waals surface area contributed by atoms with Gasteiger partial charge in [0.25, 0.3) is 0 Å². The summed E-state index contributed by atoms with van der Waals surface area (Å²) >= 11 is 0. The summed E-state index contributed by atoms with van der Waals surface area (Å²) in [5.41, 5.74) is 6.11. The number of hydrogen-bond acceptors (Lipinski definition) is 3. The van der Waals surface area contributed by atoms with E-state index in [1.807, 2.05) is 30.3 Å². The lowest BCUT2D eigenvalue weighted by molar-refractivity contribution is -0.115. The second-order valence-corrected chi connectivity index (χ2v) is 6.84. The molecule has 0 fully saturated rings. The number of carbonyl (C=O) groups excluding carboxylic acids is 1. The van der Waals surface area contributed by atoms with Crippen LogP contribution in [0.3, 0.4) is 0 Å². The molecule has 5 rings (SSSR count). The lowest BCUT2D eigenvalue weighted by Gasteiger charge is -2.07. The van der Waals surface area contributed by atoms with Gasteiger partial charge in [-0.15, -0.1) is 0 Å². The summed E-state index contributed by atoms with van der Waals surface area (Å²) < 4.78 is 5.70. The zero-order valence-corrected chi connectivity index (χ0v) is 14.3. The molecule has 0 spiro atoms. The van der Waals surface area contributed by atoms with Gasteiger partial charge in [0, 0.05) is 22.5 Å². The molecule has 4 nitrogen and oxygen atoms in total. The Morgan fingerprint density at radius 1 is 1.12 bits per heavy atom. The molecule has 1 amide bonds. The Balaban J connectivity index is 1.43. The zero-order valence-electron chi connectivity index (χ0n) is 14.3. The number of pyridine rings is 1. The van der Waals surface area contributed by atoms with Crippen molar-refractivity contribution >= 4 is 33.5 Å². The number of aromatic nitrogens is 1. The summed E-state index contributed by atoms with van der Waals surface area (Å²) in [6.45, 7) is 0. The van der Waals surface area contributed by atoms with Gasteiger partial charge in [0.15, 0.2) is 0 Å². The molecule has 4 heteroatoms. The molecule has 2 aromatic heterocycles. The number of furan rings is 1. The number of rotatable bonds is 3. The van der Waals surface area contributed by atoms with E-state index in [0.717, 1.165) is 46.0 Å². The van der Waals surface area contributed by atoms with Crippen LogP contribution in [-0.2, 0) is 24.1 Å². The summed E-state index contributed by atoms with van der Waals surface area (Å²) in [6, 6.07) is 14.0. The Bertz CT molecular complexity index is 1140. The molecule has 1 N–H and O–H groups in total. The van der Waals surface area contributed by atoms with E-state index in [2.05, 4.69) is 22.4 Å². The van der Waals surface area contributed by atoms with Gasteiger partial charge in [0.05, 0.1) is 23.9 Å². The number of nitrogens with one attached hydrogen (secondary N) is 1. The number of carbonyl (C=O) groups is 1. The maximum Gasteiger partial charge on any atom is 0.228 e. The highest BCUT2D eigenvalue weighted by Crippen LogP contribution is 2.30. The van der Waals surface area contributed by atoms with Gasteiger partial charge in [-0.1, -0.05) is 18.2 Å². The van der Waals surface area contributed by atoms with Gasteiger partial charge in [-0.25, -0.2) is 0 Å². The van der Waals surface area contributed by atoms with E-state index in [9.17, 15) is 4.79 Å². The minimum absolute atomic E-state index is 0.0636. The molecule has 128 valence electrons. The third kappa shape index (κ3) is 2.54. The SMILES string of the molecule is O=C(Cc1coc2cc3c(cc12)CCC3)Nc1cccc2cccnc12. The number of fused-ring (bicyclic) bond motifs is 3. The molecule has 0 unspecified atom stereocenters. The third-order valence-electron chi connectivity index (χ3n) is 5.13. The molecule has 26 heavy (non-hydrogen) atoms. The first-order valence-corrected chi connectivity index (χ1v) is 8.93. The minimum Gasteiger partial charge on any atom is -0.464 e. The van der Waals surface area contributed by atoms with Gasteiger partial charge in [-0.2, -0.15) is 0 Å². The highest BCUT2D eigenvalue weighted by molar-refractivity contribution is 6.02. The number of hydrogen-bond donors (Lipinski definition) is 1. The Hall–Kier alpha value is -3.14. The van der Waals surface area contributed by atoms with Crippen molar-refractivity contribution < 1.29 is 9.21 Å². The molecule has 0 saturated carbocycles. The van der Waals surface area contributed by atoms with Crippen molar-refractivity contribution in [2.24, 2.45) is 0 Å². The van der Waals surface area contributed by atoms with Crippen LogP contribution in [0.25, 0.3) is 21.9 Å². The summed E-state index contributed by atoms with van der Waals surface area (Å²) in [5, 5.41) is 5.06. The number of anilines is 1. The van der Waals surface area contributed by atoms with Crippen LogP contribution in [0.15, 0.2) is 59.3 Å². The van der Waals surface area contributed by atoms with Crippen LogP contribution in [-0.4, -0.2) is 10.9 Å². The number of para-hydroxylation sites is 1. The summed E-state index contributed by atoms with van der Waals surface area (Å²) in [6.07, 6.45) is 7.17. The first-order valence-electron chi connectivity index (χ1n) is 8.93. The van der Waals surface area contributed by atoms with Crippen LogP contribution in [0, 0.1) is 0 Å². The number of amides is 1. The molecule has 0 atom stereocenters. The summed E-state index contributed by atoms with van der Waals surface area (Å²) in [4.78, 5) is 17.0. The van der Waals surface area contributed by atoms with Crippen molar-refractivity contribution in [1.29, 1.82) is 0 Å². The zero-order chi connectivity index (χ0) is 17.5. The standard InChI is InChI=1S/C22H18N2O2/c25-21(24-19-8-2-4-14-7-3-9-23-22(14)19)12-17-13-26-20-11-16-6-1-5-15(16)10-18(17)20/h2-4,7-11,13H,1,5-6,12H2,(H,24,25). The average molecular weight is 342 g/mol. The Morgan fingerprint density at radius 2 is 1.96 bits per heavy atom. The van der Waals surface area contributed by atoms with Gasteiger partial charge >= 0.3 is 0 Å². The van der Waals surface area contributed by atoms with E-state index in [1.165, 1.54) is 17.5 Å². The minimum atomic E-state index is -0.0636. The van der Waals surface area contributed by atoms with Crippen LogP contribution < -0.4 is 5.32 Å². The molecule has 0 saturated heterocycles. The van der Waals surface area contributed by atoms with E-state index in [4.69, 9.17) is 4.42 Å². The van der Waals surface area contributed by atoms with Crippen molar-refractivity contribution in [2.45, 2.75) is 25.7 Å². The molecule has 2 heterocycles. The van der Waals surface area contributed by atoms with E-state index < -0.39 is 0 Å². The van der Waals surface area contributed by atoms with Crippen LogP contribution in [0.5, 0.6) is 0 Å². The summed E-state index contributed by atoms with van der Waals surface area (Å²) in [7, 11) is 0. The fourth-order valence-electron chi connectivity index (χ4n) is 3.86. The normalized spacial score (nSPS) is 13.2. The van der Waals surface area contributed by atoms with Crippen molar-refractivity contribution in [1.82, 2.24) is 4.98 Å². The number of benzene rings is 2. The van der Waals surface area contributed by atoms with Crippen molar-refractivity contribution in [3.8, 4) is 0 Å². The first-order chi connectivity index (χ1) is 12.8. The van der Waals surface area contributed by atoms with Gasteiger partial charge in [0.2, 0.25) is 5.91 Å². The second kappa shape index (κ2) is 5.99. The van der Waals surface area contributed by atoms with Crippen LogP contribution in [0.1, 0.15) is 23.1 Å². The summed E-state index contributed by atoms with van der Waals surface area (Å²) in [5.74, 6) is -0.0636. The van der Waals surface area contributed by atoms with Gasteiger partial charge in [-0.05, 0) is 54.7 Å². The second-order valence-electron chi connectivity index (χ2n) is 6.84. The maximum atomic E-state index is 12.6. The molecule has 4 aromatic rings. The van der Waals surface area contributed by atoms with E-state index in [1.54, 1.807) is 12.5 Å². The van der Waals surface area contributed by atoms with Crippen molar-refractivity contribution in [3.05, 3.63) is 71.6 Å². The smallest absolute Gasteiger partial charge is 0.228 e. The van der Waals surface area contributed by atoms with Gasteiger partial charge in [-0.3, -0.25) is 9.78 Å². The van der Waals surface area contributed by atoms with E-state index in [0.29, 0.717) is 0 Å². The van der Waals surface area contributed by atoms with Crippen LogP contribution in [0.4, 0.5) is 5.69 Å². The molecular weight excluding hydrogens is 324 g/mol. The van der Waals surface area contributed by atoms with Gasteiger partial charge < -0.3 is 9.73 Å². The predicted octanol–water partition coefficient (Wildman–Crippen LogP) is 4.65. The highest BCUT2D eigenvalue weighted by atomic mass is 16.3. The molecule has 0 bridgehead atoms. The van der Waals surface area contributed by atoms with E-state index >= 15 is 0 Å². The lowest BCUT2D eigenvalue weighted by Crippen LogP contribution is -2.14. The fraction of sp³-hybridized carbons (Fsp3) is 0.182. The fourth-order valence-corrected chi connectivity index (χ4v) is 3.86. The lowest BCUT2D eigenvalue weighted by atomic mass is 10.0. The first kappa shape index (κ1) is 15.1. The Morgan fingerprint density at radius 3 is 2.88 bits per heavy atom. The van der Waals surface area contributed by atoms with Crippen LogP contribution >= 0.6 is 0 Å². The quantitative estimate of drug-likeness (QED) is 0.589. The highest BCUT2D eigenvalue weighted by Gasteiger charge is 2.17. The molecule has 1 aliphatic rings. The molecular formula is C22H18N2O2. The predicted molar refractivity (Wildman–Crippen MR) is 102 cm³/mol. The van der Waals surface area contributed by atoms with E-state index in [-0.39, 0.29) is 12.3 Å². The average Bonchev–Trinajstić information content (AvgIpc) is 3.27. The van der Waals surface area contributed by atoms with Crippen molar-refractivity contribution in [2.75, 3.05) is 5.32 Å².